The van der Waals surface area contributed by atoms with Crippen molar-refractivity contribution in [2.45, 2.75) is 6.92 Å². The molecule has 23 heavy (non-hydrogen) atoms. The molecule has 0 unspecified atom stereocenters. The van der Waals surface area contributed by atoms with Crippen LogP contribution in [0.25, 0.3) is 11.3 Å². The Balaban J connectivity index is 1.78. The molecule has 0 bridgehead atoms. The molecule has 0 aliphatic rings. The van der Waals surface area contributed by atoms with E-state index in [1.807, 2.05) is 24.3 Å². The van der Waals surface area contributed by atoms with E-state index < -0.39 is 0 Å². The van der Waals surface area contributed by atoms with Crippen molar-refractivity contribution in [3.63, 3.8) is 0 Å². The summed E-state index contributed by atoms with van der Waals surface area (Å²) in [6.45, 7) is 1.77. The molecular formula is C17H12BrClN2O2. The first-order valence-electron chi connectivity index (χ1n) is 6.83. The van der Waals surface area contributed by atoms with Gasteiger partial charge in [-0.1, -0.05) is 39.7 Å². The van der Waals surface area contributed by atoms with Gasteiger partial charge in [0.15, 0.2) is 5.76 Å². The monoisotopic (exact) mass is 390 g/mol. The van der Waals surface area contributed by atoms with Crippen molar-refractivity contribution in [2.24, 2.45) is 0 Å². The van der Waals surface area contributed by atoms with Crippen molar-refractivity contribution in [1.82, 2.24) is 4.98 Å². The molecule has 0 fully saturated rings. The van der Waals surface area contributed by atoms with E-state index in [1.165, 1.54) is 0 Å². The van der Waals surface area contributed by atoms with Gasteiger partial charge in [-0.2, -0.15) is 0 Å². The number of anilines is 1. The van der Waals surface area contributed by atoms with Gasteiger partial charge in [-0.15, -0.1) is 0 Å². The molecule has 116 valence electrons. The molecule has 2 aromatic heterocycles. The molecule has 0 spiro atoms. The van der Waals surface area contributed by atoms with Gasteiger partial charge >= 0.3 is 0 Å². The second-order valence-corrected chi connectivity index (χ2v) is 6.21. The third-order valence-corrected chi connectivity index (χ3v) is 4.15. The Morgan fingerprint density at radius 2 is 1.87 bits per heavy atom. The van der Waals surface area contributed by atoms with Crippen LogP contribution in [0.5, 0.6) is 0 Å². The number of pyridine rings is 1. The summed E-state index contributed by atoms with van der Waals surface area (Å²) < 4.78 is 6.60. The van der Waals surface area contributed by atoms with E-state index in [0.29, 0.717) is 22.3 Å². The molecule has 0 saturated carbocycles. The number of furan rings is 1. The zero-order valence-electron chi connectivity index (χ0n) is 12.1. The van der Waals surface area contributed by atoms with Gasteiger partial charge in [-0.25, -0.2) is 4.98 Å². The first-order valence-corrected chi connectivity index (χ1v) is 8.00. The number of benzene rings is 1. The highest BCUT2D eigenvalue weighted by molar-refractivity contribution is 9.10. The topological polar surface area (TPSA) is 55.1 Å². The Morgan fingerprint density at radius 3 is 2.57 bits per heavy atom. The lowest BCUT2D eigenvalue weighted by Gasteiger charge is -2.04. The van der Waals surface area contributed by atoms with Gasteiger partial charge in [-0.3, -0.25) is 4.79 Å². The van der Waals surface area contributed by atoms with Crippen LogP contribution in [0.15, 0.2) is 57.4 Å². The van der Waals surface area contributed by atoms with E-state index in [1.54, 1.807) is 31.2 Å². The predicted molar refractivity (Wildman–Crippen MR) is 93.8 cm³/mol. The fraction of sp³-hybridized carbons (Fsp3) is 0.0588. The van der Waals surface area contributed by atoms with E-state index in [4.69, 9.17) is 16.0 Å². The van der Waals surface area contributed by atoms with Gasteiger partial charge in [0.2, 0.25) is 0 Å². The van der Waals surface area contributed by atoms with Crippen molar-refractivity contribution in [2.75, 3.05) is 5.32 Å². The molecule has 1 aromatic carbocycles. The summed E-state index contributed by atoms with van der Waals surface area (Å²) in [7, 11) is 0. The fourth-order valence-corrected chi connectivity index (χ4v) is 2.39. The molecule has 3 rings (SSSR count). The molecular weight excluding hydrogens is 380 g/mol. The number of nitrogens with one attached hydrogen (secondary N) is 1. The summed E-state index contributed by atoms with van der Waals surface area (Å²) in [6, 6.07) is 14.4. The lowest BCUT2D eigenvalue weighted by atomic mass is 10.2. The normalized spacial score (nSPS) is 10.6. The molecule has 0 aliphatic carbocycles. The van der Waals surface area contributed by atoms with E-state index in [9.17, 15) is 4.79 Å². The molecule has 1 N–H and O–H groups in total. The van der Waals surface area contributed by atoms with Crippen LogP contribution in [0.3, 0.4) is 0 Å². The number of aryl methyl sites for hydroxylation is 1. The van der Waals surface area contributed by atoms with Crippen LogP contribution in [-0.4, -0.2) is 10.9 Å². The first kappa shape index (κ1) is 15.8. The highest BCUT2D eigenvalue weighted by Crippen LogP contribution is 2.24. The maximum absolute atomic E-state index is 12.2. The van der Waals surface area contributed by atoms with Gasteiger partial charge in [0.1, 0.15) is 11.6 Å². The molecule has 4 nitrogen and oxygen atoms in total. The lowest BCUT2D eigenvalue weighted by molar-refractivity contribution is 0.0997. The number of carbonyl (C=O) groups is 1. The zero-order chi connectivity index (χ0) is 16.4. The van der Waals surface area contributed by atoms with Gasteiger partial charge in [0.25, 0.3) is 5.91 Å². The Bertz CT molecular complexity index is 859. The minimum Gasteiger partial charge on any atom is -0.451 e. The summed E-state index contributed by atoms with van der Waals surface area (Å²) in [6.07, 6.45) is 0. The number of aromatic nitrogens is 1. The molecule has 6 heteroatoms. The van der Waals surface area contributed by atoms with Gasteiger partial charge < -0.3 is 9.73 Å². The van der Waals surface area contributed by atoms with Crippen LogP contribution >= 0.6 is 27.5 Å². The van der Waals surface area contributed by atoms with Gasteiger partial charge in [0, 0.05) is 10.0 Å². The molecule has 0 atom stereocenters. The number of halogens is 2. The second kappa shape index (κ2) is 6.56. The Morgan fingerprint density at radius 1 is 1.13 bits per heavy atom. The van der Waals surface area contributed by atoms with E-state index in [0.717, 1.165) is 10.0 Å². The van der Waals surface area contributed by atoms with Crippen LogP contribution < -0.4 is 5.32 Å². The third-order valence-electron chi connectivity index (χ3n) is 3.22. The van der Waals surface area contributed by atoms with E-state index in [2.05, 4.69) is 26.2 Å². The Kier molecular flexibility index (Phi) is 4.50. The summed E-state index contributed by atoms with van der Waals surface area (Å²) in [5, 5.41) is 3.24. The van der Waals surface area contributed by atoms with Crippen molar-refractivity contribution < 1.29 is 9.21 Å². The third kappa shape index (κ3) is 3.63. The van der Waals surface area contributed by atoms with E-state index in [-0.39, 0.29) is 11.7 Å². The molecule has 0 radical (unpaired) electrons. The standard InChI is InChI=1S/C17H12BrClN2O2/c1-10-13(19)6-9-16(20-10)21-17(22)15-8-7-14(23-15)11-2-4-12(18)5-3-11/h2-9H,1H3,(H,20,21,22). The Labute approximate surface area is 146 Å². The summed E-state index contributed by atoms with van der Waals surface area (Å²) >= 11 is 9.30. The fourth-order valence-electron chi connectivity index (χ4n) is 2.02. The number of hydrogen-bond donors (Lipinski definition) is 1. The Hall–Kier alpha value is -2.11. The van der Waals surface area contributed by atoms with Crippen molar-refractivity contribution in [1.29, 1.82) is 0 Å². The van der Waals surface area contributed by atoms with Crippen LogP contribution in [-0.2, 0) is 0 Å². The largest absolute Gasteiger partial charge is 0.451 e. The number of rotatable bonds is 3. The molecule has 0 saturated heterocycles. The molecule has 2 heterocycles. The number of nitrogens with zero attached hydrogens (tertiary/aromatic N) is 1. The quantitative estimate of drug-likeness (QED) is 0.657. The zero-order valence-corrected chi connectivity index (χ0v) is 14.5. The summed E-state index contributed by atoms with van der Waals surface area (Å²) in [4.78, 5) is 16.4. The number of carbonyl (C=O) groups excluding carboxylic acids is 1. The first-order chi connectivity index (χ1) is 11.0. The van der Waals surface area contributed by atoms with Crippen molar-refractivity contribution in [3.05, 3.63) is 69.5 Å². The number of amides is 1. The van der Waals surface area contributed by atoms with Crippen molar-refractivity contribution >= 4 is 39.3 Å². The van der Waals surface area contributed by atoms with Crippen LogP contribution in [0, 0.1) is 6.92 Å². The van der Waals surface area contributed by atoms with Crippen LogP contribution in [0.4, 0.5) is 5.82 Å². The van der Waals surface area contributed by atoms with Crippen molar-refractivity contribution in [3.8, 4) is 11.3 Å². The smallest absolute Gasteiger partial charge is 0.292 e. The molecule has 3 aromatic rings. The minimum absolute atomic E-state index is 0.220. The lowest BCUT2D eigenvalue weighted by Crippen LogP contribution is -2.12. The number of hydrogen-bond acceptors (Lipinski definition) is 3. The second-order valence-electron chi connectivity index (χ2n) is 4.89. The van der Waals surface area contributed by atoms with E-state index >= 15 is 0 Å². The summed E-state index contributed by atoms with van der Waals surface area (Å²) in [5.41, 5.74) is 1.55. The summed E-state index contributed by atoms with van der Waals surface area (Å²) in [5.74, 6) is 0.918. The van der Waals surface area contributed by atoms with Crippen LogP contribution in [0.1, 0.15) is 16.2 Å². The van der Waals surface area contributed by atoms with Gasteiger partial charge in [0.05, 0.1) is 10.7 Å². The molecule has 0 aliphatic heterocycles. The molecule has 1 amide bonds. The maximum Gasteiger partial charge on any atom is 0.292 e. The average molecular weight is 392 g/mol. The van der Waals surface area contributed by atoms with Gasteiger partial charge in [-0.05, 0) is 43.3 Å². The predicted octanol–water partition coefficient (Wildman–Crippen LogP) is 5.32. The highest BCUT2D eigenvalue weighted by Gasteiger charge is 2.13. The SMILES string of the molecule is Cc1nc(NC(=O)c2ccc(-c3ccc(Br)cc3)o2)ccc1Cl. The van der Waals surface area contributed by atoms with Crippen LogP contribution in [0.2, 0.25) is 5.02 Å². The minimum atomic E-state index is -0.359. The maximum atomic E-state index is 12.2. The highest BCUT2D eigenvalue weighted by atomic mass is 79.9. The average Bonchev–Trinajstić information content (AvgIpc) is 3.02.